The molecule has 274 valence electrons. The summed E-state index contributed by atoms with van der Waals surface area (Å²) in [6, 6.07) is 68.6. The Hall–Kier alpha value is -6.94. The first-order valence-electron chi connectivity index (χ1n) is 20.0. The van der Waals surface area contributed by atoms with E-state index in [1.807, 2.05) is 11.3 Å². The van der Waals surface area contributed by atoms with Gasteiger partial charge in [0.05, 0.1) is 0 Å². The minimum Gasteiger partial charge on any atom is -0.455 e. The quantitative estimate of drug-likeness (QED) is 0.174. The molecule has 0 bridgehead atoms. The summed E-state index contributed by atoms with van der Waals surface area (Å²) in [4.78, 5) is 2.40. The van der Waals surface area contributed by atoms with Crippen LogP contribution in [-0.4, -0.2) is 0 Å². The lowest BCUT2D eigenvalue weighted by Gasteiger charge is -2.28. The molecule has 3 heteroatoms. The molecule has 11 aromatic rings. The molecular weight excluding hydrogens is 723 g/mol. The number of rotatable bonds is 5. The summed E-state index contributed by atoms with van der Waals surface area (Å²) in [7, 11) is 0. The Morgan fingerprint density at radius 2 is 1.03 bits per heavy atom. The van der Waals surface area contributed by atoms with Gasteiger partial charge in [-0.05, 0) is 98.4 Å². The second kappa shape index (κ2) is 12.5. The molecule has 0 N–H and O–H groups in total. The van der Waals surface area contributed by atoms with Crippen molar-refractivity contribution in [1.29, 1.82) is 0 Å². The van der Waals surface area contributed by atoms with Gasteiger partial charge in [0.2, 0.25) is 0 Å². The number of anilines is 3. The minimum atomic E-state index is -0.105. The Balaban J connectivity index is 1.03. The predicted octanol–water partition coefficient (Wildman–Crippen LogP) is 16.2. The summed E-state index contributed by atoms with van der Waals surface area (Å²) in [5, 5.41) is 7.30. The minimum absolute atomic E-state index is 0.105. The zero-order valence-electron chi connectivity index (χ0n) is 32.2. The molecule has 0 amide bonds. The molecule has 0 radical (unpaired) electrons. The molecule has 12 rings (SSSR count). The van der Waals surface area contributed by atoms with Gasteiger partial charge in [0.25, 0.3) is 0 Å². The predicted molar refractivity (Wildman–Crippen MR) is 247 cm³/mol. The smallest absolute Gasteiger partial charge is 0.145 e. The summed E-state index contributed by atoms with van der Waals surface area (Å²) >= 11 is 1.86. The molecule has 2 nitrogen and oxygen atoms in total. The Labute approximate surface area is 340 Å². The van der Waals surface area contributed by atoms with Gasteiger partial charge in [0, 0.05) is 58.8 Å². The van der Waals surface area contributed by atoms with Gasteiger partial charge in [-0.2, -0.15) is 0 Å². The van der Waals surface area contributed by atoms with E-state index in [9.17, 15) is 0 Å². The molecule has 2 heterocycles. The fraction of sp³-hybridized carbons (Fsp3) is 0.0545. The first-order valence-corrected chi connectivity index (χ1v) is 20.8. The molecule has 2 aromatic heterocycles. The maximum Gasteiger partial charge on any atom is 0.145 e. The number of benzene rings is 9. The second-order valence-electron chi connectivity index (χ2n) is 16.0. The van der Waals surface area contributed by atoms with Gasteiger partial charge >= 0.3 is 0 Å². The average molecular weight is 760 g/mol. The van der Waals surface area contributed by atoms with E-state index in [1.54, 1.807) is 0 Å². The molecule has 58 heavy (non-hydrogen) atoms. The van der Waals surface area contributed by atoms with E-state index in [2.05, 4.69) is 207 Å². The molecule has 0 aliphatic heterocycles. The normalized spacial score (nSPS) is 13.1. The van der Waals surface area contributed by atoms with Crippen LogP contribution in [0.25, 0.3) is 86.3 Å². The van der Waals surface area contributed by atoms with Gasteiger partial charge in [0.1, 0.15) is 11.2 Å². The number of hydrogen-bond acceptors (Lipinski definition) is 3. The van der Waals surface area contributed by atoms with Crippen molar-refractivity contribution in [1.82, 2.24) is 0 Å². The summed E-state index contributed by atoms with van der Waals surface area (Å²) < 4.78 is 9.46. The van der Waals surface area contributed by atoms with Crippen LogP contribution in [0.3, 0.4) is 0 Å². The fourth-order valence-corrected chi connectivity index (χ4v) is 10.9. The van der Waals surface area contributed by atoms with Gasteiger partial charge in [-0.25, -0.2) is 0 Å². The van der Waals surface area contributed by atoms with Crippen molar-refractivity contribution in [3.05, 3.63) is 199 Å². The van der Waals surface area contributed by atoms with Gasteiger partial charge in [0.15, 0.2) is 0 Å². The van der Waals surface area contributed by atoms with Crippen LogP contribution in [-0.2, 0) is 5.41 Å². The van der Waals surface area contributed by atoms with Gasteiger partial charge in [-0.15, -0.1) is 11.3 Å². The number of nitrogens with zero attached hydrogens (tertiary/aromatic N) is 1. The van der Waals surface area contributed by atoms with Crippen molar-refractivity contribution < 1.29 is 4.42 Å². The topological polar surface area (TPSA) is 16.4 Å². The van der Waals surface area contributed by atoms with E-state index in [0.29, 0.717) is 0 Å². The van der Waals surface area contributed by atoms with E-state index in [-0.39, 0.29) is 5.41 Å². The van der Waals surface area contributed by atoms with Crippen molar-refractivity contribution in [2.24, 2.45) is 0 Å². The SMILES string of the molecule is CC1(C)c2ccccc2-c2ccc(N(c3ccc(-c4ccccc4)cc3)c3ccc(-c4cccc5oc6c7c8ccccc8sc7c7ccccc7c6c45)cc3)cc21. The maximum atomic E-state index is 6.90. The van der Waals surface area contributed by atoms with E-state index in [4.69, 9.17) is 4.42 Å². The first-order chi connectivity index (χ1) is 28.5. The Morgan fingerprint density at radius 3 is 1.83 bits per heavy atom. The van der Waals surface area contributed by atoms with Crippen LogP contribution in [0.4, 0.5) is 17.1 Å². The van der Waals surface area contributed by atoms with Crippen LogP contribution in [0, 0.1) is 0 Å². The van der Waals surface area contributed by atoms with E-state index in [1.165, 1.54) is 75.3 Å². The Morgan fingerprint density at radius 1 is 0.431 bits per heavy atom. The third kappa shape index (κ3) is 4.84. The molecule has 0 saturated heterocycles. The van der Waals surface area contributed by atoms with Crippen LogP contribution in [0.1, 0.15) is 25.0 Å². The summed E-state index contributed by atoms with van der Waals surface area (Å²) in [5.41, 5.74) is 15.2. The zero-order chi connectivity index (χ0) is 38.5. The second-order valence-corrected chi connectivity index (χ2v) is 17.1. The van der Waals surface area contributed by atoms with Crippen molar-refractivity contribution in [3.8, 4) is 33.4 Å². The van der Waals surface area contributed by atoms with E-state index in [0.717, 1.165) is 39.2 Å². The monoisotopic (exact) mass is 759 g/mol. The molecule has 9 aromatic carbocycles. The van der Waals surface area contributed by atoms with Crippen molar-refractivity contribution in [2.75, 3.05) is 4.90 Å². The zero-order valence-corrected chi connectivity index (χ0v) is 33.0. The number of hydrogen-bond donors (Lipinski definition) is 0. The molecule has 0 unspecified atom stereocenters. The lowest BCUT2D eigenvalue weighted by molar-refractivity contribution is 0.660. The van der Waals surface area contributed by atoms with Crippen LogP contribution in [0.2, 0.25) is 0 Å². The van der Waals surface area contributed by atoms with Crippen molar-refractivity contribution >= 4 is 81.3 Å². The number of furan rings is 1. The molecule has 1 aliphatic carbocycles. The van der Waals surface area contributed by atoms with Gasteiger partial charge < -0.3 is 9.32 Å². The molecular formula is C55H37NOS. The molecule has 0 spiro atoms. The highest BCUT2D eigenvalue weighted by Gasteiger charge is 2.35. The number of fused-ring (bicyclic) bond motifs is 13. The van der Waals surface area contributed by atoms with Gasteiger partial charge in [-0.3, -0.25) is 0 Å². The van der Waals surface area contributed by atoms with Crippen LogP contribution < -0.4 is 4.90 Å². The molecule has 0 fully saturated rings. The van der Waals surface area contributed by atoms with Crippen LogP contribution in [0.5, 0.6) is 0 Å². The largest absolute Gasteiger partial charge is 0.455 e. The average Bonchev–Trinajstić information content (AvgIpc) is 3.93. The van der Waals surface area contributed by atoms with Crippen LogP contribution in [0.15, 0.2) is 192 Å². The van der Waals surface area contributed by atoms with E-state index >= 15 is 0 Å². The first kappa shape index (κ1) is 33.2. The highest BCUT2D eigenvalue weighted by molar-refractivity contribution is 7.27. The fourth-order valence-electron chi connectivity index (χ4n) is 9.68. The Kier molecular flexibility index (Phi) is 7.18. The summed E-state index contributed by atoms with van der Waals surface area (Å²) in [5.74, 6) is 0. The summed E-state index contributed by atoms with van der Waals surface area (Å²) in [6.45, 7) is 4.70. The van der Waals surface area contributed by atoms with Crippen LogP contribution >= 0.6 is 11.3 Å². The lowest BCUT2D eigenvalue weighted by atomic mass is 9.82. The molecule has 0 saturated carbocycles. The maximum absolute atomic E-state index is 6.90. The number of thiophene rings is 1. The molecule has 0 atom stereocenters. The highest BCUT2D eigenvalue weighted by Crippen LogP contribution is 2.52. The van der Waals surface area contributed by atoms with Gasteiger partial charge in [-0.1, -0.05) is 153 Å². The standard InChI is InChI=1S/C55H37NOS/c1-55(2)46-20-10-8-15-41(46)42-32-31-39(33-47(42)55)56(37-27-23-35(24-28-37)34-13-4-3-5-14-34)38-29-25-36(26-30-38)40-19-12-21-48-50(40)51-43-16-6-7-17-44(43)54-52(53(51)57-48)45-18-9-11-22-49(45)58-54/h3-33H,1-2H3. The van der Waals surface area contributed by atoms with Crippen molar-refractivity contribution in [3.63, 3.8) is 0 Å². The highest BCUT2D eigenvalue weighted by atomic mass is 32.1. The third-order valence-electron chi connectivity index (χ3n) is 12.5. The van der Waals surface area contributed by atoms with Crippen molar-refractivity contribution in [2.45, 2.75) is 19.3 Å². The lowest BCUT2D eigenvalue weighted by Crippen LogP contribution is -2.16. The summed E-state index contributed by atoms with van der Waals surface area (Å²) in [6.07, 6.45) is 0. The van der Waals surface area contributed by atoms with E-state index < -0.39 is 0 Å². The molecule has 1 aliphatic rings. The third-order valence-corrected chi connectivity index (χ3v) is 13.7. The Bertz CT molecular complexity index is 3410.